The van der Waals surface area contributed by atoms with Gasteiger partial charge in [0.25, 0.3) is 0 Å². The predicted octanol–water partition coefficient (Wildman–Crippen LogP) is 3.97. The number of rotatable bonds is 8. The minimum atomic E-state index is -4.04. The third-order valence-electron chi connectivity index (χ3n) is 6.06. The summed E-state index contributed by atoms with van der Waals surface area (Å²) in [6, 6.07) is 10.7. The van der Waals surface area contributed by atoms with E-state index in [4.69, 9.17) is 9.26 Å². The minimum Gasteiger partial charge on any atom is -0.495 e. The van der Waals surface area contributed by atoms with Crippen LogP contribution in [0.2, 0.25) is 0 Å². The van der Waals surface area contributed by atoms with Gasteiger partial charge in [0.15, 0.2) is 5.82 Å². The third-order valence-corrected chi connectivity index (χ3v) is 7.95. The largest absolute Gasteiger partial charge is 0.495 e. The van der Waals surface area contributed by atoms with Gasteiger partial charge in [0.2, 0.25) is 21.8 Å². The lowest BCUT2D eigenvalue weighted by Crippen LogP contribution is -2.43. The molecule has 1 aliphatic heterocycles. The van der Waals surface area contributed by atoms with Crippen LogP contribution in [0.5, 0.6) is 5.75 Å². The van der Waals surface area contributed by atoms with Gasteiger partial charge in [-0.05, 0) is 48.7 Å². The number of nitrogens with one attached hydrogen (secondary N) is 1. The summed E-state index contributed by atoms with van der Waals surface area (Å²) in [5.41, 5.74) is 1.56. The lowest BCUT2D eigenvalue weighted by atomic mass is 9.98. The fourth-order valence-corrected chi connectivity index (χ4v) is 5.76. The van der Waals surface area contributed by atoms with E-state index in [0.717, 1.165) is 17.7 Å². The number of halogens is 1. The standard InChI is InChI=1S/C25H29FN4O5S/c1-16(2)25-28-23(29-35-25)13-17-6-9-20(10-7-17)27-24(31)18-5-4-12-30(15-18)36(32,33)22-14-19(26)8-11-21(22)34-3/h6-11,14,16,18H,4-5,12-13,15H2,1-3H3,(H,27,31)/t18-/m1/s1. The van der Waals surface area contributed by atoms with Crippen molar-refractivity contribution in [2.24, 2.45) is 5.92 Å². The van der Waals surface area contributed by atoms with Gasteiger partial charge < -0.3 is 14.6 Å². The molecule has 1 aliphatic rings. The van der Waals surface area contributed by atoms with E-state index in [0.29, 0.717) is 36.7 Å². The van der Waals surface area contributed by atoms with E-state index in [1.54, 1.807) is 12.1 Å². The van der Waals surface area contributed by atoms with Gasteiger partial charge in [-0.15, -0.1) is 0 Å². The third kappa shape index (κ3) is 5.73. The summed E-state index contributed by atoms with van der Waals surface area (Å²) in [5, 5.41) is 6.86. The van der Waals surface area contributed by atoms with E-state index >= 15 is 0 Å². The van der Waals surface area contributed by atoms with E-state index in [-0.39, 0.29) is 35.6 Å². The highest BCUT2D eigenvalue weighted by Crippen LogP contribution is 2.31. The number of methoxy groups -OCH3 is 1. The van der Waals surface area contributed by atoms with Crippen molar-refractivity contribution in [1.29, 1.82) is 0 Å². The van der Waals surface area contributed by atoms with Crippen LogP contribution in [0, 0.1) is 11.7 Å². The molecule has 1 fully saturated rings. The molecule has 0 aliphatic carbocycles. The molecule has 192 valence electrons. The van der Waals surface area contributed by atoms with Gasteiger partial charge in [-0.1, -0.05) is 31.1 Å². The van der Waals surface area contributed by atoms with E-state index in [9.17, 15) is 17.6 Å². The Morgan fingerprint density at radius 2 is 2.00 bits per heavy atom. The number of sulfonamides is 1. The number of piperidine rings is 1. The SMILES string of the molecule is COc1ccc(F)cc1S(=O)(=O)N1CCC[C@@H](C(=O)Nc2ccc(Cc3noc(C(C)C)n3)cc2)C1. The average Bonchev–Trinajstić information content (AvgIpc) is 3.34. The molecule has 1 amide bonds. The Bertz CT molecular complexity index is 1320. The van der Waals surface area contributed by atoms with Gasteiger partial charge in [0.1, 0.15) is 16.5 Å². The first-order valence-corrected chi connectivity index (χ1v) is 13.2. The molecule has 2 heterocycles. The first kappa shape index (κ1) is 25.8. The van der Waals surface area contributed by atoms with Crippen LogP contribution in [0.25, 0.3) is 0 Å². The molecule has 1 saturated heterocycles. The van der Waals surface area contributed by atoms with Crippen molar-refractivity contribution in [2.75, 3.05) is 25.5 Å². The summed E-state index contributed by atoms with van der Waals surface area (Å²) in [4.78, 5) is 17.1. The highest BCUT2D eigenvalue weighted by atomic mass is 32.2. The monoisotopic (exact) mass is 516 g/mol. The predicted molar refractivity (Wildman–Crippen MR) is 131 cm³/mol. The first-order valence-electron chi connectivity index (χ1n) is 11.7. The lowest BCUT2D eigenvalue weighted by Gasteiger charge is -2.31. The van der Waals surface area contributed by atoms with Crippen molar-refractivity contribution in [1.82, 2.24) is 14.4 Å². The molecule has 36 heavy (non-hydrogen) atoms. The number of hydrogen-bond donors (Lipinski definition) is 1. The molecule has 0 unspecified atom stereocenters. The maximum Gasteiger partial charge on any atom is 0.246 e. The molecule has 3 aromatic rings. The van der Waals surface area contributed by atoms with Crippen molar-refractivity contribution in [3.63, 3.8) is 0 Å². The molecule has 1 N–H and O–H groups in total. The second-order valence-corrected chi connectivity index (χ2v) is 11.0. The van der Waals surface area contributed by atoms with Crippen molar-refractivity contribution < 1.29 is 26.9 Å². The molecule has 0 spiro atoms. The molecule has 2 aromatic carbocycles. The first-order chi connectivity index (χ1) is 17.2. The Labute approximate surface area is 209 Å². The zero-order valence-corrected chi connectivity index (χ0v) is 21.2. The minimum absolute atomic E-state index is 0.00192. The molecule has 4 rings (SSSR count). The molecule has 1 atom stereocenters. The van der Waals surface area contributed by atoms with Gasteiger partial charge in [0.05, 0.1) is 13.0 Å². The maximum atomic E-state index is 13.8. The van der Waals surface area contributed by atoms with Crippen LogP contribution in [0.1, 0.15) is 49.9 Å². The summed E-state index contributed by atoms with van der Waals surface area (Å²) >= 11 is 0. The van der Waals surface area contributed by atoms with Gasteiger partial charge in [-0.3, -0.25) is 4.79 Å². The Morgan fingerprint density at radius 3 is 2.67 bits per heavy atom. The van der Waals surface area contributed by atoms with E-state index in [2.05, 4.69) is 15.5 Å². The molecule has 11 heteroatoms. The number of aromatic nitrogens is 2. The molecule has 0 saturated carbocycles. The number of carbonyl (C=O) groups excluding carboxylic acids is 1. The van der Waals surface area contributed by atoms with E-state index in [1.165, 1.54) is 17.5 Å². The zero-order chi connectivity index (χ0) is 25.9. The average molecular weight is 517 g/mol. The summed E-state index contributed by atoms with van der Waals surface area (Å²) < 4.78 is 51.8. The number of benzene rings is 2. The Balaban J connectivity index is 1.40. The highest BCUT2D eigenvalue weighted by molar-refractivity contribution is 7.89. The number of anilines is 1. The second kappa shape index (κ2) is 10.8. The molecule has 9 nitrogen and oxygen atoms in total. The number of hydrogen-bond acceptors (Lipinski definition) is 7. The highest BCUT2D eigenvalue weighted by Gasteiger charge is 2.35. The summed E-state index contributed by atoms with van der Waals surface area (Å²) in [5.74, 6) is -0.0871. The molecular weight excluding hydrogens is 487 g/mol. The van der Waals surface area contributed by atoms with Crippen molar-refractivity contribution in [3.05, 3.63) is 65.6 Å². The van der Waals surface area contributed by atoms with Crippen molar-refractivity contribution in [3.8, 4) is 5.75 Å². The summed E-state index contributed by atoms with van der Waals surface area (Å²) in [7, 11) is -2.71. The number of nitrogens with zero attached hydrogens (tertiary/aromatic N) is 3. The smallest absolute Gasteiger partial charge is 0.246 e. The quantitative estimate of drug-likeness (QED) is 0.482. The number of amides is 1. The second-order valence-electron chi connectivity index (χ2n) is 9.06. The van der Waals surface area contributed by atoms with Gasteiger partial charge >= 0.3 is 0 Å². The summed E-state index contributed by atoms with van der Waals surface area (Å²) in [6.07, 6.45) is 1.56. The molecule has 0 bridgehead atoms. The van der Waals surface area contributed by atoms with Gasteiger partial charge in [-0.25, -0.2) is 12.8 Å². The molecule has 0 radical (unpaired) electrons. The zero-order valence-electron chi connectivity index (χ0n) is 20.4. The summed E-state index contributed by atoms with van der Waals surface area (Å²) in [6.45, 7) is 4.21. The van der Waals surface area contributed by atoms with Crippen molar-refractivity contribution in [2.45, 2.75) is 43.9 Å². The van der Waals surface area contributed by atoms with Gasteiger partial charge in [-0.2, -0.15) is 9.29 Å². The Hall–Kier alpha value is -3.31. The number of carbonyl (C=O) groups is 1. The maximum absolute atomic E-state index is 13.8. The van der Waals surface area contributed by atoms with Crippen LogP contribution in [-0.4, -0.2) is 49.0 Å². The Kier molecular flexibility index (Phi) is 7.70. The normalized spacial score (nSPS) is 16.8. The van der Waals surface area contributed by atoms with Crippen LogP contribution in [0.4, 0.5) is 10.1 Å². The van der Waals surface area contributed by atoms with E-state index < -0.39 is 21.8 Å². The van der Waals surface area contributed by atoms with Crippen LogP contribution in [0.3, 0.4) is 0 Å². The molecular formula is C25H29FN4O5S. The van der Waals surface area contributed by atoms with Crippen LogP contribution in [0.15, 0.2) is 51.9 Å². The fourth-order valence-electron chi connectivity index (χ4n) is 4.07. The fraction of sp³-hybridized carbons (Fsp3) is 0.400. The van der Waals surface area contributed by atoms with Crippen LogP contribution >= 0.6 is 0 Å². The number of ether oxygens (including phenoxy) is 1. The lowest BCUT2D eigenvalue weighted by molar-refractivity contribution is -0.120. The van der Waals surface area contributed by atoms with Crippen LogP contribution < -0.4 is 10.1 Å². The molecule has 1 aromatic heterocycles. The van der Waals surface area contributed by atoms with Gasteiger partial charge in [0, 0.05) is 31.1 Å². The topological polar surface area (TPSA) is 115 Å². The Morgan fingerprint density at radius 1 is 1.25 bits per heavy atom. The van der Waals surface area contributed by atoms with Crippen molar-refractivity contribution >= 4 is 21.6 Å². The van der Waals surface area contributed by atoms with E-state index in [1.807, 2.05) is 26.0 Å². The van der Waals surface area contributed by atoms with Crippen LogP contribution in [-0.2, 0) is 21.2 Å².